The molecule has 1 fully saturated rings. The fourth-order valence-electron chi connectivity index (χ4n) is 3.90. The molecule has 182 valence electrons. The number of ketones is 1. The fraction of sp³-hybridized carbons (Fsp3) is 0.455. The van der Waals surface area contributed by atoms with Crippen molar-refractivity contribution in [2.45, 2.75) is 33.2 Å². The molecule has 1 aromatic heterocycles. The van der Waals surface area contributed by atoms with Gasteiger partial charge in [-0.3, -0.25) is 28.8 Å². The third kappa shape index (κ3) is 4.85. The van der Waals surface area contributed by atoms with Gasteiger partial charge in [0, 0.05) is 32.7 Å². The molecule has 1 aliphatic rings. The zero-order valence-electron chi connectivity index (χ0n) is 19.3. The van der Waals surface area contributed by atoms with Crippen molar-refractivity contribution in [1.29, 1.82) is 0 Å². The van der Waals surface area contributed by atoms with Crippen LogP contribution < -0.4 is 21.9 Å². The number of anilines is 2. The van der Waals surface area contributed by atoms with Crippen LogP contribution in [0.2, 0.25) is 0 Å². The summed E-state index contributed by atoms with van der Waals surface area (Å²) in [5.74, 6) is -2.13. The normalized spacial score (nSPS) is 13.4. The number of rotatable bonds is 8. The van der Waals surface area contributed by atoms with E-state index >= 15 is 0 Å². The van der Waals surface area contributed by atoms with Crippen molar-refractivity contribution in [2.75, 3.05) is 30.3 Å². The molecule has 12 heteroatoms. The molecule has 0 radical (unpaired) electrons. The van der Waals surface area contributed by atoms with Crippen LogP contribution in [0.3, 0.4) is 0 Å². The molecule has 1 saturated heterocycles. The van der Waals surface area contributed by atoms with E-state index in [0.717, 1.165) is 28.0 Å². The molecule has 0 saturated carbocycles. The molecule has 0 bridgehead atoms. The van der Waals surface area contributed by atoms with Gasteiger partial charge >= 0.3 is 11.7 Å². The summed E-state index contributed by atoms with van der Waals surface area (Å²) in [4.78, 5) is 63.0. The molecule has 1 aromatic carbocycles. The molecular weight excluding hydrogens is 446 g/mol. The number of hydrogen-bond donors (Lipinski definition) is 1. The van der Waals surface area contributed by atoms with Gasteiger partial charge in [0.15, 0.2) is 6.61 Å². The highest BCUT2D eigenvalue weighted by molar-refractivity contribution is 6.02. The summed E-state index contributed by atoms with van der Waals surface area (Å²) in [6.45, 7) is 4.43. The monoisotopic (exact) mass is 473 g/mol. The minimum Gasteiger partial charge on any atom is -0.454 e. The first-order valence-corrected chi connectivity index (χ1v) is 10.9. The largest absolute Gasteiger partial charge is 0.454 e. The van der Waals surface area contributed by atoms with Crippen LogP contribution in [-0.4, -0.2) is 45.5 Å². The molecule has 0 spiro atoms. The highest BCUT2D eigenvalue weighted by Gasteiger charge is 2.26. The number of carbonyl (C=O) groups excluding carboxylic acids is 2. The Bertz CT molecular complexity index is 1260. The minimum atomic E-state index is -0.963. The Kier molecular flexibility index (Phi) is 7.18. The summed E-state index contributed by atoms with van der Waals surface area (Å²) in [6.07, 6.45) is 1.85. The number of esters is 1. The van der Waals surface area contributed by atoms with Gasteiger partial charge < -0.3 is 15.4 Å². The van der Waals surface area contributed by atoms with Crippen molar-refractivity contribution in [1.82, 2.24) is 9.13 Å². The number of Topliss-reactive ketones (excluding diaryl/α,β-unsaturated/α-hetero) is 1. The first-order chi connectivity index (χ1) is 16.0. The summed E-state index contributed by atoms with van der Waals surface area (Å²) < 4.78 is 6.93. The molecule has 34 heavy (non-hydrogen) atoms. The molecule has 0 aliphatic carbocycles. The van der Waals surface area contributed by atoms with E-state index in [4.69, 9.17) is 10.5 Å². The van der Waals surface area contributed by atoms with Crippen LogP contribution in [0.25, 0.3) is 0 Å². The average Bonchev–Trinajstić information content (AvgIpc) is 3.33. The minimum absolute atomic E-state index is 0.0117. The predicted molar refractivity (Wildman–Crippen MR) is 124 cm³/mol. The van der Waals surface area contributed by atoms with Crippen molar-refractivity contribution < 1.29 is 19.2 Å². The third-order valence-electron chi connectivity index (χ3n) is 5.60. The van der Waals surface area contributed by atoms with Gasteiger partial charge in [-0.25, -0.2) is 9.59 Å². The zero-order chi connectivity index (χ0) is 25.2. The number of nitrogen functional groups attached to an aromatic ring is 1. The lowest BCUT2D eigenvalue weighted by Crippen LogP contribution is -2.43. The second kappa shape index (κ2) is 9.89. The Hall–Kier alpha value is -3.96. The van der Waals surface area contributed by atoms with Gasteiger partial charge in [-0.1, -0.05) is 13.8 Å². The number of benzene rings is 1. The number of carbonyl (C=O) groups is 2. The Labute approximate surface area is 194 Å². The van der Waals surface area contributed by atoms with E-state index < -0.39 is 40.1 Å². The van der Waals surface area contributed by atoms with E-state index in [1.54, 1.807) is 0 Å². The third-order valence-corrected chi connectivity index (χ3v) is 5.60. The molecule has 12 nitrogen and oxygen atoms in total. The lowest BCUT2D eigenvalue weighted by molar-refractivity contribution is -0.384. The van der Waals surface area contributed by atoms with Crippen LogP contribution in [0.15, 0.2) is 27.8 Å². The average molecular weight is 473 g/mol. The summed E-state index contributed by atoms with van der Waals surface area (Å²) in [7, 11) is 1.23. The van der Waals surface area contributed by atoms with Gasteiger partial charge in [-0.2, -0.15) is 0 Å². The quantitative estimate of drug-likeness (QED) is 0.258. The van der Waals surface area contributed by atoms with Gasteiger partial charge in [0.2, 0.25) is 5.78 Å². The van der Waals surface area contributed by atoms with Crippen molar-refractivity contribution in [2.24, 2.45) is 13.0 Å². The van der Waals surface area contributed by atoms with Crippen molar-refractivity contribution in [3.63, 3.8) is 0 Å². The molecular formula is C22H27N5O7. The topological polar surface area (TPSA) is 160 Å². The van der Waals surface area contributed by atoms with E-state index in [1.807, 2.05) is 18.7 Å². The van der Waals surface area contributed by atoms with Crippen LogP contribution >= 0.6 is 0 Å². The van der Waals surface area contributed by atoms with Crippen LogP contribution in [0, 0.1) is 16.0 Å². The standard InChI is InChI=1S/C22H27N5O7/c1-13(2)11-26-19(23)18(20(29)24(3)22(26)31)17(28)12-34-21(30)14-6-7-15(16(10-14)27(32)33)25-8-4-5-9-25/h6-7,10,13H,4-5,8-9,11-12,23H2,1-3H3. The molecule has 1 aliphatic heterocycles. The second-order valence-electron chi connectivity index (χ2n) is 8.57. The van der Waals surface area contributed by atoms with Crippen LogP contribution in [-0.2, 0) is 18.3 Å². The first-order valence-electron chi connectivity index (χ1n) is 10.9. The van der Waals surface area contributed by atoms with Gasteiger partial charge in [0.25, 0.3) is 11.2 Å². The number of aromatic nitrogens is 2. The second-order valence-corrected chi connectivity index (χ2v) is 8.57. The van der Waals surface area contributed by atoms with Crippen molar-refractivity contribution in [3.05, 3.63) is 60.3 Å². The van der Waals surface area contributed by atoms with E-state index in [1.165, 1.54) is 19.2 Å². The SMILES string of the molecule is CC(C)Cn1c(N)c(C(=O)COC(=O)c2ccc(N3CCCC3)c([N+](=O)[O-])c2)c(=O)n(C)c1=O. The number of nitrogens with zero attached hydrogens (tertiary/aromatic N) is 4. The smallest absolute Gasteiger partial charge is 0.338 e. The molecule has 0 atom stereocenters. The Morgan fingerprint density at radius 3 is 2.44 bits per heavy atom. The van der Waals surface area contributed by atoms with Gasteiger partial charge in [0.05, 0.1) is 10.5 Å². The van der Waals surface area contributed by atoms with Gasteiger partial charge in [-0.05, 0) is 30.9 Å². The summed E-state index contributed by atoms with van der Waals surface area (Å²) in [5.41, 5.74) is 4.03. The fourth-order valence-corrected chi connectivity index (χ4v) is 3.90. The lowest BCUT2D eigenvalue weighted by Gasteiger charge is -2.17. The summed E-state index contributed by atoms with van der Waals surface area (Å²) in [5, 5.41) is 11.5. The maximum absolute atomic E-state index is 12.7. The van der Waals surface area contributed by atoms with E-state index in [0.29, 0.717) is 18.8 Å². The molecule has 2 heterocycles. The summed E-state index contributed by atoms with van der Waals surface area (Å²) in [6, 6.07) is 3.98. The number of nitro benzene ring substituents is 1. The molecule has 3 rings (SSSR count). The van der Waals surface area contributed by atoms with E-state index in [2.05, 4.69) is 0 Å². The molecule has 2 aromatic rings. The lowest BCUT2D eigenvalue weighted by atomic mass is 10.1. The van der Waals surface area contributed by atoms with E-state index in [-0.39, 0.29) is 29.5 Å². The predicted octanol–water partition coefficient (Wildman–Crippen LogP) is 1.33. The zero-order valence-corrected chi connectivity index (χ0v) is 19.3. The van der Waals surface area contributed by atoms with Crippen molar-refractivity contribution in [3.8, 4) is 0 Å². The maximum Gasteiger partial charge on any atom is 0.338 e. The van der Waals surface area contributed by atoms with Crippen LogP contribution in [0.5, 0.6) is 0 Å². The summed E-state index contributed by atoms with van der Waals surface area (Å²) >= 11 is 0. The maximum atomic E-state index is 12.7. The Morgan fingerprint density at radius 1 is 1.21 bits per heavy atom. The van der Waals surface area contributed by atoms with E-state index in [9.17, 15) is 29.3 Å². The molecule has 2 N–H and O–H groups in total. The number of hydrogen-bond acceptors (Lipinski definition) is 9. The first kappa shape index (κ1) is 24.7. The highest BCUT2D eigenvalue weighted by atomic mass is 16.6. The number of ether oxygens (including phenoxy) is 1. The van der Waals surface area contributed by atoms with Gasteiger partial charge in [0.1, 0.15) is 17.1 Å². The Morgan fingerprint density at radius 2 is 1.85 bits per heavy atom. The number of nitrogens with two attached hydrogens (primary N) is 1. The van der Waals surface area contributed by atoms with Gasteiger partial charge in [-0.15, -0.1) is 0 Å². The highest BCUT2D eigenvalue weighted by Crippen LogP contribution is 2.31. The van der Waals surface area contributed by atoms with Crippen LogP contribution in [0.1, 0.15) is 47.4 Å². The Balaban J connectivity index is 1.83. The van der Waals surface area contributed by atoms with Crippen molar-refractivity contribution >= 4 is 28.9 Å². The molecule has 0 unspecified atom stereocenters. The van der Waals surface area contributed by atoms with Crippen LogP contribution in [0.4, 0.5) is 17.2 Å². The number of nitro groups is 1. The molecule has 0 amide bonds.